The lowest BCUT2D eigenvalue weighted by Crippen LogP contribution is -2.23. The van der Waals surface area contributed by atoms with Crippen LogP contribution in [-0.2, 0) is 13.0 Å². The Bertz CT molecular complexity index is 709. The Balaban J connectivity index is 0.000000199. The number of aliphatic hydroxyl groups excluding tert-OH is 1. The number of carboxylic acid groups (broad SMARTS) is 1. The van der Waals surface area contributed by atoms with Crippen LogP contribution in [0.1, 0.15) is 17.5 Å². The summed E-state index contributed by atoms with van der Waals surface area (Å²) in [5.74, 6) is 1.06. The SMILES string of the molecule is COc1ccc(C[C@@H]2C[C@@H](O)CN2)cc1.Nc1ncc(CNC(=O)O)cn1. The van der Waals surface area contributed by atoms with E-state index in [9.17, 15) is 9.90 Å². The number of carbonyl (C=O) groups is 1. The molecule has 0 unspecified atom stereocenters. The highest BCUT2D eigenvalue weighted by Gasteiger charge is 2.21. The van der Waals surface area contributed by atoms with Crippen LogP contribution >= 0.6 is 0 Å². The van der Waals surface area contributed by atoms with Crippen molar-refractivity contribution in [3.8, 4) is 5.75 Å². The molecule has 2 atom stereocenters. The molecule has 0 bridgehead atoms. The van der Waals surface area contributed by atoms with E-state index in [0.717, 1.165) is 25.1 Å². The van der Waals surface area contributed by atoms with Gasteiger partial charge in [-0.15, -0.1) is 0 Å². The average molecular weight is 375 g/mol. The zero-order chi connectivity index (χ0) is 19.6. The summed E-state index contributed by atoms with van der Waals surface area (Å²) in [6, 6.07) is 8.51. The van der Waals surface area contributed by atoms with Crippen LogP contribution in [0.15, 0.2) is 36.7 Å². The van der Waals surface area contributed by atoms with Gasteiger partial charge < -0.3 is 31.3 Å². The van der Waals surface area contributed by atoms with Crippen molar-refractivity contribution in [2.24, 2.45) is 0 Å². The number of nitrogen functional groups attached to an aromatic ring is 1. The first-order chi connectivity index (χ1) is 13.0. The van der Waals surface area contributed by atoms with Gasteiger partial charge in [0.05, 0.1) is 13.2 Å². The van der Waals surface area contributed by atoms with Gasteiger partial charge in [-0.25, -0.2) is 14.8 Å². The molecule has 2 heterocycles. The van der Waals surface area contributed by atoms with E-state index in [4.69, 9.17) is 15.6 Å². The zero-order valence-electron chi connectivity index (χ0n) is 15.1. The van der Waals surface area contributed by atoms with Gasteiger partial charge in [0, 0.05) is 37.1 Å². The second-order valence-corrected chi connectivity index (χ2v) is 6.16. The molecule has 1 saturated heterocycles. The summed E-state index contributed by atoms with van der Waals surface area (Å²) in [6.45, 7) is 0.913. The summed E-state index contributed by atoms with van der Waals surface area (Å²) in [5.41, 5.74) is 7.18. The minimum atomic E-state index is -1.08. The van der Waals surface area contributed by atoms with Crippen molar-refractivity contribution in [2.45, 2.75) is 31.5 Å². The van der Waals surface area contributed by atoms with Gasteiger partial charge in [0.1, 0.15) is 5.75 Å². The number of aliphatic hydroxyl groups is 1. The molecular formula is C18H25N5O4. The van der Waals surface area contributed by atoms with Crippen molar-refractivity contribution >= 4 is 12.0 Å². The van der Waals surface area contributed by atoms with Crippen LogP contribution in [0, 0.1) is 0 Å². The molecule has 9 heteroatoms. The predicted molar refractivity (Wildman–Crippen MR) is 100 cm³/mol. The van der Waals surface area contributed by atoms with E-state index < -0.39 is 6.09 Å². The Morgan fingerprint density at radius 3 is 2.48 bits per heavy atom. The molecule has 1 amide bonds. The highest BCUT2D eigenvalue weighted by atomic mass is 16.5. The molecule has 3 rings (SSSR count). The van der Waals surface area contributed by atoms with Crippen LogP contribution < -0.4 is 21.1 Å². The third-order valence-electron chi connectivity index (χ3n) is 4.01. The van der Waals surface area contributed by atoms with E-state index in [1.807, 2.05) is 12.1 Å². The first-order valence-electron chi connectivity index (χ1n) is 8.54. The zero-order valence-corrected chi connectivity index (χ0v) is 15.1. The van der Waals surface area contributed by atoms with Gasteiger partial charge in [0.15, 0.2) is 0 Å². The molecule has 0 radical (unpaired) electrons. The number of methoxy groups -OCH3 is 1. The minimum Gasteiger partial charge on any atom is -0.497 e. The van der Waals surface area contributed by atoms with Crippen molar-refractivity contribution in [3.05, 3.63) is 47.8 Å². The average Bonchev–Trinajstić information content (AvgIpc) is 3.07. The number of β-amino-alcohol motifs (C(OH)–C–C–N with tert-alkyl or cyclic N) is 1. The maximum Gasteiger partial charge on any atom is 0.404 e. The summed E-state index contributed by atoms with van der Waals surface area (Å²) in [5, 5.41) is 23.1. The lowest BCUT2D eigenvalue weighted by atomic mass is 10.0. The van der Waals surface area contributed by atoms with Gasteiger partial charge >= 0.3 is 6.09 Å². The van der Waals surface area contributed by atoms with Crippen molar-refractivity contribution in [3.63, 3.8) is 0 Å². The first kappa shape index (κ1) is 20.4. The summed E-state index contributed by atoms with van der Waals surface area (Å²) in [6.07, 6.45) is 3.52. The number of rotatable bonds is 5. The number of benzene rings is 1. The van der Waals surface area contributed by atoms with Gasteiger partial charge in [-0.3, -0.25) is 0 Å². The topological polar surface area (TPSA) is 143 Å². The Labute approximate surface area is 157 Å². The largest absolute Gasteiger partial charge is 0.497 e. The number of nitrogens with one attached hydrogen (secondary N) is 2. The van der Waals surface area contributed by atoms with E-state index >= 15 is 0 Å². The van der Waals surface area contributed by atoms with Gasteiger partial charge in [0.25, 0.3) is 0 Å². The molecule has 2 aromatic rings. The fourth-order valence-electron chi connectivity index (χ4n) is 2.63. The molecule has 1 aliphatic heterocycles. The standard InChI is InChI=1S/C12H17NO2.C6H8N4O2/c1-15-12-4-2-9(3-5-12)6-10-7-11(14)8-13-10;7-5-8-1-4(2-9-5)3-10-6(11)12/h2-5,10-11,13-14H,6-8H2,1H3;1-2,10H,3H2,(H,11,12)(H2,7,8,9)/t10-,11-;/m1./s1. The van der Waals surface area contributed by atoms with Crippen LogP contribution in [0.3, 0.4) is 0 Å². The second-order valence-electron chi connectivity index (χ2n) is 6.16. The maximum atomic E-state index is 10.1. The molecule has 27 heavy (non-hydrogen) atoms. The lowest BCUT2D eigenvalue weighted by molar-refractivity contribution is 0.193. The monoisotopic (exact) mass is 375 g/mol. The van der Waals surface area contributed by atoms with Gasteiger partial charge in [-0.1, -0.05) is 12.1 Å². The first-order valence-corrected chi connectivity index (χ1v) is 8.54. The molecule has 146 valence electrons. The molecular weight excluding hydrogens is 350 g/mol. The second kappa shape index (κ2) is 10.3. The van der Waals surface area contributed by atoms with E-state index in [1.54, 1.807) is 7.11 Å². The summed E-state index contributed by atoms with van der Waals surface area (Å²) in [7, 11) is 1.67. The van der Waals surface area contributed by atoms with Crippen LogP contribution in [0.2, 0.25) is 0 Å². The molecule has 1 aromatic carbocycles. The fourth-order valence-corrected chi connectivity index (χ4v) is 2.63. The normalized spacial score (nSPS) is 18.3. The number of aromatic nitrogens is 2. The van der Waals surface area contributed by atoms with E-state index in [-0.39, 0.29) is 18.6 Å². The van der Waals surface area contributed by atoms with E-state index in [1.165, 1.54) is 18.0 Å². The molecule has 1 fully saturated rings. The summed E-state index contributed by atoms with van der Waals surface area (Å²) < 4.78 is 5.10. The number of nitrogens with zero attached hydrogens (tertiary/aromatic N) is 2. The number of anilines is 1. The highest BCUT2D eigenvalue weighted by Crippen LogP contribution is 2.16. The molecule has 1 aromatic heterocycles. The molecule has 0 aliphatic carbocycles. The molecule has 9 nitrogen and oxygen atoms in total. The van der Waals surface area contributed by atoms with Crippen molar-refractivity contribution in [1.29, 1.82) is 0 Å². The number of amides is 1. The van der Waals surface area contributed by atoms with E-state index in [2.05, 4.69) is 32.7 Å². The Kier molecular flexibility index (Phi) is 7.78. The fraction of sp³-hybridized carbons (Fsp3) is 0.389. The van der Waals surface area contributed by atoms with Crippen LogP contribution in [0.25, 0.3) is 0 Å². The number of ether oxygens (including phenoxy) is 1. The van der Waals surface area contributed by atoms with Crippen LogP contribution in [0.4, 0.5) is 10.7 Å². The summed E-state index contributed by atoms with van der Waals surface area (Å²) in [4.78, 5) is 17.4. The third-order valence-corrected chi connectivity index (χ3v) is 4.01. The number of nitrogens with two attached hydrogens (primary N) is 1. The Hall–Kier alpha value is -2.91. The summed E-state index contributed by atoms with van der Waals surface area (Å²) >= 11 is 0. The van der Waals surface area contributed by atoms with Crippen LogP contribution in [-0.4, -0.2) is 52.1 Å². The Morgan fingerprint density at radius 2 is 1.96 bits per heavy atom. The quantitative estimate of drug-likeness (QED) is 0.516. The van der Waals surface area contributed by atoms with Crippen molar-refractivity contribution < 1.29 is 19.7 Å². The molecule has 6 N–H and O–H groups in total. The maximum absolute atomic E-state index is 10.1. The van der Waals surface area contributed by atoms with Crippen molar-refractivity contribution in [1.82, 2.24) is 20.6 Å². The highest BCUT2D eigenvalue weighted by molar-refractivity contribution is 5.64. The predicted octanol–water partition coefficient (Wildman–Crippen LogP) is 0.787. The molecule has 0 spiro atoms. The van der Waals surface area contributed by atoms with E-state index in [0.29, 0.717) is 11.6 Å². The molecule has 0 saturated carbocycles. The Morgan fingerprint density at radius 1 is 1.30 bits per heavy atom. The number of hydrogen-bond donors (Lipinski definition) is 5. The molecule has 1 aliphatic rings. The lowest BCUT2D eigenvalue weighted by Gasteiger charge is -2.10. The number of hydrogen-bond acceptors (Lipinski definition) is 7. The third kappa shape index (κ3) is 7.47. The smallest absolute Gasteiger partial charge is 0.404 e. The van der Waals surface area contributed by atoms with Gasteiger partial charge in [-0.2, -0.15) is 0 Å². The van der Waals surface area contributed by atoms with Crippen molar-refractivity contribution in [2.75, 3.05) is 19.4 Å². The van der Waals surface area contributed by atoms with Crippen LogP contribution in [0.5, 0.6) is 5.75 Å². The van der Waals surface area contributed by atoms with Gasteiger partial charge in [0.2, 0.25) is 5.95 Å². The minimum absolute atomic E-state index is 0.173. The van der Waals surface area contributed by atoms with Gasteiger partial charge in [-0.05, 0) is 30.5 Å².